The minimum atomic E-state index is -0.506. The second kappa shape index (κ2) is 8.67. The van der Waals surface area contributed by atoms with Crippen molar-refractivity contribution in [1.82, 2.24) is 15.6 Å². The van der Waals surface area contributed by atoms with E-state index < -0.39 is 6.09 Å². The second-order valence-corrected chi connectivity index (χ2v) is 5.28. The summed E-state index contributed by atoms with van der Waals surface area (Å²) in [4.78, 5) is 27.6. The van der Waals surface area contributed by atoms with Gasteiger partial charge in [0.05, 0.1) is 18.8 Å². The molecule has 0 aliphatic rings. The van der Waals surface area contributed by atoms with Gasteiger partial charge in [0, 0.05) is 18.3 Å². The predicted octanol–water partition coefficient (Wildman–Crippen LogP) is 2.57. The first kappa shape index (κ1) is 17.5. The van der Waals surface area contributed by atoms with Crippen molar-refractivity contribution in [3.05, 3.63) is 65.0 Å². The van der Waals surface area contributed by atoms with E-state index in [1.807, 2.05) is 31.2 Å². The normalized spacial score (nSPS) is 10.1. The Balaban J connectivity index is 1.91. The fraction of sp³-hybridized carbons (Fsp3) is 0.278. The quantitative estimate of drug-likeness (QED) is 0.854. The van der Waals surface area contributed by atoms with E-state index in [1.165, 1.54) is 5.56 Å². The molecule has 6 heteroatoms. The van der Waals surface area contributed by atoms with Gasteiger partial charge in [0.25, 0.3) is 5.91 Å². The monoisotopic (exact) mass is 327 g/mol. The molecule has 0 unspecified atom stereocenters. The van der Waals surface area contributed by atoms with Crippen LogP contribution in [0.5, 0.6) is 0 Å². The number of carbonyl (C=O) groups is 2. The number of amides is 2. The van der Waals surface area contributed by atoms with Gasteiger partial charge in [-0.05, 0) is 31.5 Å². The summed E-state index contributed by atoms with van der Waals surface area (Å²) in [6, 6.07) is 11.3. The van der Waals surface area contributed by atoms with Crippen LogP contribution in [0.15, 0.2) is 42.6 Å². The molecule has 0 saturated heterocycles. The molecule has 0 aliphatic heterocycles. The third-order valence-corrected chi connectivity index (χ3v) is 3.34. The molecule has 2 N–H and O–H groups in total. The highest BCUT2D eigenvalue weighted by atomic mass is 16.5. The number of rotatable bonds is 6. The minimum absolute atomic E-state index is 0.185. The molecular formula is C18H21N3O3. The third-order valence-electron chi connectivity index (χ3n) is 3.34. The van der Waals surface area contributed by atoms with Crippen LogP contribution in [-0.2, 0) is 17.8 Å². The lowest BCUT2D eigenvalue weighted by molar-refractivity contribution is 0.0950. The summed E-state index contributed by atoms with van der Waals surface area (Å²) in [5, 5.41) is 5.44. The molecule has 2 rings (SSSR count). The molecule has 24 heavy (non-hydrogen) atoms. The topological polar surface area (TPSA) is 80.3 Å². The summed E-state index contributed by atoms with van der Waals surface area (Å²) in [5.41, 5.74) is 3.30. The standard InChI is InChI=1S/C18H21N3O3/c1-3-24-18(23)21-12-16-10-15(8-9-19-16)17(22)20-11-14-6-4-13(2)5-7-14/h4-10H,3,11-12H2,1-2H3,(H,20,22)(H,21,23). The number of nitrogens with one attached hydrogen (secondary N) is 2. The highest BCUT2D eigenvalue weighted by Crippen LogP contribution is 2.05. The lowest BCUT2D eigenvalue weighted by Gasteiger charge is -2.08. The van der Waals surface area contributed by atoms with Gasteiger partial charge in [0.1, 0.15) is 0 Å². The molecule has 0 radical (unpaired) electrons. The van der Waals surface area contributed by atoms with E-state index in [0.717, 1.165) is 5.56 Å². The largest absolute Gasteiger partial charge is 0.450 e. The average molecular weight is 327 g/mol. The maximum Gasteiger partial charge on any atom is 0.407 e. The maximum absolute atomic E-state index is 12.2. The van der Waals surface area contributed by atoms with Crippen molar-refractivity contribution in [2.75, 3.05) is 6.61 Å². The van der Waals surface area contributed by atoms with Crippen LogP contribution in [0.1, 0.15) is 34.1 Å². The molecule has 0 fully saturated rings. The number of aryl methyl sites for hydroxylation is 1. The van der Waals surface area contributed by atoms with Crippen molar-refractivity contribution in [1.29, 1.82) is 0 Å². The Morgan fingerprint density at radius 2 is 1.83 bits per heavy atom. The third kappa shape index (κ3) is 5.39. The fourth-order valence-corrected chi connectivity index (χ4v) is 2.05. The number of nitrogens with zero attached hydrogens (tertiary/aromatic N) is 1. The number of hydrogen-bond acceptors (Lipinski definition) is 4. The highest BCUT2D eigenvalue weighted by Gasteiger charge is 2.08. The number of pyridine rings is 1. The van der Waals surface area contributed by atoms with Crippen LogP contribution in [0, 0.1) is 6.92 Å². The van der Waals surface area contributed by atoms with Crippen LogP contribution in [-0.4, -0.2) is 23.6 Å². The molecule has 126 valence electrons. The molecule has 6 nitrogen and oxygen atoms in total. The first-order chi connectivity index (χ1) is 11.6. The Morgan fingerprint density at radius 1 is 1.08 bits per heavy atom. The van der Waals surface area contributed by atoms with E-state index >= 15 is 0 Å². The molecule has 2 aromatic rings. The van der Waals surface area contributed by atoms with E-state index in [1.54, 1.807) is 25.3 Å². The lowest BCUT2D eigenvalue weighted by Crippen LogP contribution is -2.25. The van der Waals surface area contributed by atoms with Crippen molar-refractivity contribution < 1.29 is 14.3 Å². The molecule has 0 spiro atoms. The number of alkyl carbamates (subject to hydrolysis) is 1. The zero-order valence-electron chi connectivity index (χ0n) is 13.8. The molecular weight excluding hydrogens is 306 g/mol. The summed E-state index contributed by atoms with van der Waals surface area (Å²) in [7, 11) is 0. The number of ether oxygens (including phenoxy) is 1. The van der Waals surface area contributed by atoms with Gasteiger partial charge in [-0.1, -0.05) is 29.8 Å². The Labute approximate surface area is 141 Å². The summed E-state index contributed by atoms with van der Waals surface area (Å²) < 4.78 is 4.78. The Kier molecular flexibility index (Phi) is 6.31. The number of hydrogen-bond donors (Lipinski definition) is 2. The first-order valence-corrected chi connectivity index (χ1v) is 7.77. The Morgan fingerprint density at radius 3 is 2.54 bits per heavy atom. The summed E-state index contributed by atoms with van der Waals surface area (Å²) >= 11 is 0. The van der Waals surface area contributed by atoms with Gasteiger partial charge < -0.3 is 15.4 Å². The van der Waals surface area contributed by atoms with Crippen LogP contribution in [0.3, 0.4) is 0 Å². The van der Waals surface area contributed by atoms with E-state index in [-0.39, 0.29) is 12.5 Å². The van der Waals surface area contributed by atoms with Gasteiger partial charge in [0.15, 0.2) is 0 Å². The van der Waals surface area contributed by atoms with Crippen molar-refractivity contribution in [2.24, 2.45) is 0 Å². The summed E-state index contributed by atoms with van der Waals surface area (Å²) in [6.07, 6.45) is 1.04. The van der Waals surface area contributed by atoms with Crippen molar-refractivity contribution in [3.63, 3.8) is 0 Å². The molecule has 0 bridgehead atoms. The predicted molar refractivity (Wildman–Crippen MR) is 90.4 cm³/mol. The molecule has 0 saturated carbocycles. The van der Waals surface area contributed by atoms with Crippen LogP contribution in [0.2, 0.25) is 0 Å². The Bertz CT molecular complexity index is 699. The SMILES string of the molecule is CCOC(=O)NCc1cc(C(=O)NCc2ccc(C)cc2)ccn1. The fourth-order valence-electron chi connectivity index (χ4n) is 2.05. The molecule has 0 aliphatic carbocycles. The first-order valence-electron chi connectivity index (χ1n) is 7.77. The van der Waals surface area contributed by atoms with Crippen LogP contribution >= 0.6 is 0 Å². The summed E-state index contributed by atoms with van der Waals surface area (Å²) in [5.74, 6) is -0.185. The summed E-state index contributed by atoms with van der Waals surface area (Å²) in [6.45, 7) is 4.72. The van der Waals surface area contributed by atoms with Crippen LogP contribution < -0.4 is 10.6 Å². The van der Waals surface area contributed by atoms with Crippen molar-refractivity contribution in [3.8, 4) is 0 Å². The number of benzene rings is 1. The minimum Gasteiger partial charge on any atom is -0.450 e. The van der Waals surface area contributed by atoms with Crippen molar-refractivity contribution >= 4 is 12.0 Å². The zero-order valence-corrected chi connectivity index (χ0v) is 13.8. The number of aromatic nitrogens is 1. The van der Waals surface area contributed by atoms with Crippen LogP contribution in [0.4, 0.5) is 4.79 Å². The van der Waals surface area contributed by atoms with Gasteiger partial charge in [-0.3, -0.25) is 9.78 Å². The molecule has 1 aromatic carbocycles. The number of carbonyl (C=O) groups excluding carboxylic acids is 2. The van der Waals surface area contributed by atoms with Gasteiger partial charge in [-0.2, -0.15) is 0 Å². The van der Waals surface area contributed by atoms with Gasteiger partial charge in [0.2, 0.25) is 0 Å². The van der Waals surface area contributed by atoms with E-state index in [4.69, 9.17) is 4.74 Å². The van der Waals surface area contributed by atoms with E-state index in [9.17, 15) is 9.59 Å². The van der Waals surface area contributed by atoms with Gasteiger partial charge in [-0.15, -0.1) is 0 Å². The van der Waals surface area contributed by atoms with Gasteiger partial charge >= 0.3 is 6.09 Å². The second-order valence-electron chi connectivity index (χ2n) is 5.28. The maximum atomic E-state index is 12.2. The van der Waals surface area contributed by atoms with E-state index in [2.05, 4.69) is 15.6 Å². The molecule has 1 aromatic heterocycles. The van der Waals surface area contributed by atoms with Gasteiger partial charge in [-0.25, -0.2) is 4.79 Å². The lowest BCUT2D eigenvalue weighted by atomic mass is 10.1. The Hall–Kier alpha value is -2.89. The molecule has 2 amide bonds. The smallest absolute Gasteiger partial charge is 0.407 e. The average Bonchev–Trinajstić information content (AvgIpc) is 2.60. The van der Waals surface area contributed by atoms with Crippen LogP contribution in [0.25, 0.3) is 0 Å². The zero-order chi connectivity index (χ0) is 17.4. The molecule has 0 atom stereocenters. The molecule has 1 heterocycles. The van der Waals surface area contributed by atoms with E-state index in [0.29, 0.717) is 24.4 Å². The highest BCUT2D eigenvalue weighted by molar-refractivity contribution is 5.94. The van der Waals surface area contributed by atoms with Crippen molar-refractivity contribution in [2.45, 2.75) is 26.9 Å².